The zero-order chi connectivity index (χ0) is 14.0. The lowest BCUT2D eigenvalue weighted by molar-refractivity contribution is 0.575. The molecule has 1 heterocycles. The summed E-state index contributed by atoms with van der Waals surface area (Å²) in [7, 11) is -1.49. The molecule has 19 heavy (non-hydrogen) atoms. The van der Waals surface area contributed by atoms with Crippen molar-refractivity contribution < 1.29 is 8.42 Å². The topological polar surface area (TPSA) is 63.1 Å². The fourth-order valence-electron chi connectivity index (χ4n) is 2.26. The number of nitrogens with zero attached hydrogens (tertiary/aromatic N) is 1. The summed E-state index contributed by atoms with van der Waals surface area (Å²) in [6.07, 6.45) is 3.68. The number of rotatable bonds is 7. The van der Waals surface area contributed by atoms with Gasteiger partial charge in [-0.05, 0) is 24.9 Å². The van der Waals surface area contributed by atoms with Gasteiger partial charge < -0.3 is 9.88 Å². The first-order valence-electron chi connectivity index (χ1n) is 6.86. The molecule has 0 aliphatic heterocycles. The SMILES string of the molecule is CCNCc1cc(S(=O)(=O)NC2CC2CC)cn1C. The summed E-state index contributed by atoms with van der Waals surface area (Å²) < 4.78 is 29.1. The Morgan fingerprint density at radius 3 is 2.74 bits per heavy atom. The molecule has 0 radical (unpaired) electrons. The Kier molecular flexibility index (Phi) is 4.32. The van der Waals surface area contributed by atoms with Gasteiger partial charge >= 0.3 is 0 Å². The molecule has 2 N–H and O–H groups in total. The number of hydrogen-bond donors (Lipinski definition) is 2. The highest BCUT2D eigenvalue weighted by Gasteiger charge is 2.38. The van der Waals surface area contributed by atoms with Crippen LogP contribution in [0.2, 0.25) is 0 Å². The molecule has 2 atom stereocenters. The Hall–Kier alpha value is -0.850. The van der Waals surface area contributed by atoms with Crippen molar-refractivity contribution in [1.29, 1.82) is 0 Å². The van der Waals surface area contributed by atoms with Crippen molar-refractivity contribution in [1.82, 2.24) is 14.6 Å². The van der Waals surface area contributed by atoms with Crippen LogP contribution in [0.15, 0.2) is 17.2 Å². The zero-order valence-electron chi connectivity index (χ0n) is 11.8. The third kappa shape index (κ3) is 3.38. The largest absolute Gasteiger partial charge is 0.352 e. The Morgan fingerprint density at radius 2 is 2.16 bits per heavy atom. The summed E-state index contributed by atoms with van der Waals surface area (Å²) in [6.45, 7) is 5.67. The molecule has 108 valence electrons. The number of nitrogens with one attached hydrogen (secondary N) is 2. The monoisotopic (exact) mass is 285 g/mol. The lowest BCUT2D eigenvalue weighted by atomic mass is 10.3. The second-order valence-corrected chi connectivity index (χ2v) is 6.90. The zero-order valence-corrected chi connectivity index (χ0v) is 12.6. The fraction of sp³-hybridized carbons (Fsp3) is 0.692. The van der Waals surface area contributed by atoms with E-state index in [0.717, 1.165) is 25.1 Å². The van der Waals surface area contributed by atoms with E-state index < -0.39 is 10.0 Å². The van der Waals surface area contributed by atoms with E-state index >= 15 is 0 Å². The quantitative estimate of drug-likeness (QED) is 0.791. The van der Waals surface area contributed by atoms with E-state index in [1.54, 1.807) is 12.3 Å². The van der Waals surface area contributed by atoms with Crippen LogP contribution in [0.4, 0.5) is 0 Å². The Labute approximate surface area is 115 Å². The van der Waals surface area contributed by atoms with Crippen molar-refractivity contribution in [2.75, 3.05) is 6.54 Å². The van der Waals surface area contributed by atoms with E-state index in [4.69, 9.17) is 0 Å². The van der Waals surface area contributed by atoms with Gasteiger partial charge in [0.25, 0.3) is 0 Å². The van der Waals surface area contributed by atoms with Gasteiger partial charge in [0.1, 0.15) is 0 Å². The van der Waals surface area contributed by atoms with Crippen molar-refractivity contribution >= 4 is 10.0 Å². The maximum Gasteiger partial charge on any atom is 0.242 e. The van der Waals surface area contributed by atoms with E-state index in [9.17, 15) is 8.42 Å². The van der Waals surface area contributed by atoms with Crippen LogP contribution in [0.5, 0.6) is 0 Å². The van der Waals surface area contributed by atoms with Crippen LogP contribution in [0.3, 0.4) is 0 Å². The maximum absolute atomic E-state index is 12.2. The van der Waals surface area contributed by atoms with Gasteiger partial charge in [-0.1, -0.05) is 20.3 Å². The summed E-state index contributed by atoms with van der Waals surface area (Å²) in [4.78, 5) is 0.365. The summed E-state index contributed by atoms with van der Waals surface area (Å²) in [5, 5.41) is 3.20. The second kappa shape index (κ2) is 5.64. The van der Waals surface area contributed by atoms with Gasteiger partial charge in [0.15, 0.2) is 0 Å². The maximum atomic E-state index is 12.2. The van der Waals surface area contributed by atoms with Gasteiger partial charge in [0.2, 0.25) is 10.0 Å². The van der Waals surface area contributed by atoms with Crippen LogP contribution in [-0.4, -0.2) is 25.6 Å². The first-order chi connectivity index (χ1) is 8.97. The van der Waals surface area contributed by atoms with E-state index in [1.165, 1.54) is 0 Å². The summed E-state index contributed by atoms with van der Waals surface area (Å²) in [5.74, 6) is 0.514. The molecular weight excluding hydrogens is 262 g/mol. The highest BCUT2D eigenvalue weighted by Crippen LogP contribution is 2.34. The van der Waals surface area contributed by atoms with Crippen LogP contribution >= 0.6 is 0 Å². The van der Waals surface area contributed by atoms with Gasteiger partial charge in [-0.25, -0.2) is 13.1 Å². The molecular formula is C13H23N3O2S. The van der Waals surface area contributed by atoms with Crippen molar-refractivity contribution in [3.05, 3.63) is 18.0 Å². The van der Waals surface area contributed by atoms with Crippen molar-refractivity contribution in [2.45, 2.75) is 44.2 Å². The van der Waals surface area contributed by atoms with Crippen LogP contribution in [0.1, 0.15) is 32.4 Å². The third-order valence-corrected chi connectivity index (χ3v) is 5.16. The molecule has 1 saturated carbocycles. The summed E-state index contributed by atoms with van der Waals surface area (Å²) in [5.41, 5.74) is 0.977. The molecule has 1 aliphatic carbocycles. The highest BCUT2D eigenvalue weighted by atomic mass is 32.2. The standard InChI is InChI=1S/C13H23N3O2S/c1-4-10-6-13(10)15-19(17,18)12-7-11(8-14-5-2)16(3)9-12/h7,9-10,13-15H,4-6,8H2,1-3H3. The molecule has 2 unspecified atom stereocenters. The highest BCUT2D eigenvalue weighted by molar-refractivity contribution is 7.89. The first kappa shape index (κ1) is 14.6. The normalized spacial score (nSPS) is 22.7. The molecule has 0 aromatic carbocycles. The van der Waals surface area contributed by atoms with Crippen molar-refractivity contribution in [3.8, 4) is 0 Å². The van der Waals surface area contributed by atoms with Gasteiger partial charge in [-0.3, -0.25) is 0 Å². The average molecular weight is 285 g/mol. The van der Waals surface area contributed by atoms with Crippen LogP contribution in [0.25, 0.3) is 0 Å². The van der Waals surface area contributed by atoms with Gasteiger partial charge in [0, 0.05) is 31.5 Å². The number of hydrogen-bond acceptors (Lipinski definition) is 3. The van der Waals surface area contributed by atoms with Crippen LogP contribution < -0.4 is 10.0 Å². The molecule has 1 fully saturated rings. The van der Waals surface area contributed by atoms with Crippen LogP contribution in [0, 0.1) is 5.92 Å². The minimum absolute atomic E-state index is 0.132. The molecule has 0 spiro atoms. The van der Waals surface area contributed by atoms with E-state index in [0.29, 0.717) is 17.4 Å². The summed E-state index contributed by atoms with van der Waals surface area (Å²) in [6, 6.07) is 1.88. The van der Waals surface area contributed by atoms with E-state index in [2.05, 4.69) is 17.0 Å². The molecule has 0 bridgehead atoms. The number of aryl methyl sites for hydroxylation is 1. The Balaban J connectivity index is 2.08. The predicted molar refractivity (Wildman–Crippen MR) is 75.3 cm³/mol. The molecule has 5 nitrogen and oxygen atoms in total. The van der Waals surface area contributed by atoms with E-state index in [1.807, 2.05) is 18.5 Å². The number of sulfonamides is 1. The van der Waals surface area contributed by atoms with E-state index in [-0.39, 0.29) is 6.04 Å². The molecule has 6 heteroatoms. The third-order valence-electron chi connectivity index (χ3n) is 3.70. The smallest absolute Gasteiger partial charge is 0.242 e. The van der Waals surface area contributed by atoms with Gasteiger partial charge in [-0.15, -0.1) is 0 Å². The number of aromatic nitrogens is 1. The second-order valence-electron chi connectivity index (χ2n) is 5.19. The fourth-order valence-corrected chi connectivity index (χ4v) is 3.67. The van der Waals surface area contributed by atoms with Gasteiger partial charge in [-0.2, -0.15) is 0 Å². The molecule has 2 rings (SSSR count). The molecule has 0 saturated heterocycles. The Bertz CT molecular complexity index is 536. The Morgan fingerprint density at radius 1 is 1.42 bits per heavy atom. The lowest BCUT2D eigenvalue weighted by Crippen LogP contribution is -2.26. The van der Waals surface area contributed by atoms with Crippen molar-refractivity contribution in [3.63, 3.8) is 0 Å². The van der Waals surface area contributed by atoms with Crippen molar-refractivity contribution in [2.24, 2.45) is 13.0 Å². The minimum atomic E-state index is -3.37. The molecule has 1 aliphatic rings. The molecule has 1 aromatic rings. The van der Waals surface area contributed by atoms with Crippen LogP contribution in [-0.2, 0) is 23.6 Å². The minimum Gasteiger partial charge on any atom is -0.352 e. The molecule has 1 aromatic heterocycles. The lowest BCUT2D eigenvalue weighted by Gasteiger charge is -2.03. The first-order valence-corrected chi connectivity index (χ1v) is 8.34. The molecule has 0 amide bonds. The average Bonchev–Trinajstić information content (AvgIpc) is 2.98. The summed E-state index contributed by atoms with van der Waals surface area (Å²) >= 11 is 0. The van der Waals surface area contributed by atoms with Gasteiger partial charge in [0.05, 0.1) is 4.90 Å². The predicted octanol–water partition coefficient (Wildman–Crippen LogP) is 1.21.